The topological polar surface area (TPSA) is 84.2 Å². The first-order valence-electron chi connectivity index (χ1n) is 13.5. The minimum absolute atomic E-state index is 0.00598. The van der Waals surface area contributed by atoms with Crippen LogP contribution in [0.5, 0.6) is 0 Å². The van der Waals surface area contributed by atoms with Gasteiger partial charge in [-0.05, 0) is 90.3 Å². The summed E-state index contributed by atoms with van der Waals surface area (Å²) in [6.45, 7) is 12.4. The van der Waals surface area contributed by atoms with E-state index in [1.165, 1.54) is 39.2 Å². The fourth-order valence-corrected chi connectivity index (χ4v) is 9.32. The molecule has 5 heteroatoms. The van der Waals surface area contributed by atoms with Crippen molar-refractivity contribution in [2.75, 3.05) is 7.11 Å². The predicted molar refractivity (Wildman–Crippen MR) is 134 cm³/mol. The number of fused-ring (bicyclic) bond motifs is 7. The number of nitrogens with zero attached hydrogens (tertiary/aromatic N) is 1. The van der Waals surface area contributed by atoms with Crippen molar-refractivity contribution in [3.05, 3.63) is 11.6 Å². The lowest BCUT2D eigenvalue weighted by atomic mass is 9.37. The molecule has 0 aliphatic heterocycles. The van der Waals surface area contributed by atoms with Crippen molar-refractivity contribution in [2.45, 2.75) is 92.4 Å². The van der Waals surface area contributed by atoms with E-state index in [4.69, 9.17) is 4.79 Å². The highest BCUT2D eigenvalue weighted by Gasteiger charge is 2.65. The third kappa shape index (κ3) is 4.09. The fraction of sp³-hybridized carbons (Fsp3) is 0.800. The minimum atomic E-state index is -0.209. The van der Waals surface area contributed by atoms with Crippen LogP contribution in [-0.4, -0.2) is 25.1 Å². The summed E-state index contributed by atoms with van der Waals surface area (Å²) in [6.07, 6.45) is 11.4. The summed E-state index contributed by atoms with van der Waals surface area (Å²) < 4.78 is 3.86. The van der Waals surface area contributed by atoms with Crippen LogP contribution in [0.2, 0.25) is 0 Å². The van der Waals surface area contributed by atoms with Crippen LogP contribution in [-0.2, 0) is 19.1 Å². The molecular weight excluding hydrogens is 438 g/mol. The third-order valence-corrected chi connectivity index (χ3v) is 11.4. The van der Waals surface area contributed by atoms with Crippen LogP contribution in [0.1, 0.15) is 92.4 Å². The van der Waals surface area contributed by atoms with Gasteiger partial charge in [-0.2, -0.15) is 5.26 Å². The molecule has 192 valence electrons. The molecule has 0 aromatic rings. The molecular formula is C30H43NO4. The van der Waals surface area contributed by atoms with Crippen molar-refractivity contribution in [1.29, 1.82) is 5.26 Å². The van der Waals surface area contributed by atoms with E-state index < -0.39 is 0 Å². The van der Waals surface area contributed by atoms with Crippen LogP contribution in [0.15, 0.2) is 11.6 Å². The number of allylic oxidation sites excluding steroid dienone is 2. The van der Waals surface area contributed by atoms with Crippen LogP contribution >= 0.6 is 0 Å². The van der Waals surface area contributed by atoms with E-state index in [0.29, 0.717) is 53.3 Å². The van der Waals surface area contributed by atoms with Gasteiger partial charge in [0.15, 0.2) is 5.78 Å². The van der Waals surface area contributed by atoms with Gasteiger partial charge in [0.1, 0.15) is 11.9 Å². The minimum Gasteiger partial charge on any atom is -0.471 e. The second-order valence-electron chi connectivity index (χ2n) is 13.8. The van der Waals surface area contributed by atoms with Gasteiger partial charge < -0.3 is 4.74 Å². The molecule has 5 aliphatic rings. The Morgan fingerprint density at radius 3 is 2.31 bits per heavy atom. The molecule has 0 radical (unpaired) electrons. The first-order valence-corrected chi connectivity index (χ1v) is 13.5. The average Bonchev–Trinajstić information content (AvgIpc) is 2.81. The molecule has 0 heterocycles. The molecule has 0 amide bonds. The predicted octanol–water partition coefficient (Wildman–Crippen LogP) is 6.07. The summed E-state index contributed by atoms with van der Waals surface area (Å²) in [5.74, 6) is 2.22. The number of rotatable bonds is 1. The van der Waals surface area contributed by atoms with Crippen molar-refractivity contribution >= 4 is 18.0 Å². The molecule has 0 aromatic heterocycles. The molecule has 0 saturated heterocycles. The number of methoxy groups -OCH3 is 1. The maximum Gasteiger partial charge on any atom is 0.292 e. The SMILES string of the molecule is CC1(C)CCC2(C)CCC3C(C(=O)CC4C5(C)C=C(C#N)C(=O)CC5CCC34C)C2C1.COC=O. The summed E-state index contributed by atoms with van der Waals surface area (Å²) in [7, 11) is 1.31. The Labute approximate surface area is 211 Å². The van der Waals surface area contributed by atoms with Crippen molar-refractivity contribution in [3.8, 4) is 6.07 Å². The van der Waals surface area contributed by atoms with Crippen LogP contribution < -0.4 is 0 Å². The Kier molecular flexibility index (Phi) is 6.61. The Morgan fingerprint density at radius 2 is 1.69 bits per heavy atom. The number of carbonyl (C=O) groups is 3. The van der Waals surface area contributed by atoms with Gasteiger partial charge in [-0.1, -0.05) is 40.7 Å². The second kappa shape index (κ2) is 8.86. The number of hydrogen-bond donors (Lipinski definition) is 0. The molecule has 4 fully saturated rings. The summed E-state index contributed by atoms with van der Waals surface area (Å²) in [5.41, 5.74) is 0.912. The lowest BCUT2D eigenvalue weighted by Gasteiger charge is -2.66. The standard InChI is InChI=1S/C28H39NO2.C2H4O2/c1-25(2)10-11-26(3)8-7-19-24(20(26)15-25)22(31)13-23-27(19,4)9-6-18-12-21(30)17(16-29)14-28(18,23)5;1-4-2-3/h14,18-20,23-24H,6-13,15H2,1-5H3;2H,1H3. The summed E-state index contributed by atoms with van der Waals surface area (Å²) in [6, 6.07) is 2.17. The quantitative estimate of drug-likeness (QED) is 0.425. The lowest BCUT2D eigenvalue weighted by molar-refractivity contribution is -0.181. The van der Waals surface area contributed by atoms with Gasteiger partial charge in [0, 0.05) is 18.8 Å². The van der Waals surface area contributed by atoms with Crippen LogP contribution in [0.3, 0.4) is 0 Å². The molecule has 8 unspecified atom stereocenters. The van der Waals surface area contributed by atoms with E-state index in [9.17, 15) is 14.9 Å². The van der Waals surface area contributed by atoms with E-state index in [2.05, 4.69) is 45.4 Å². The molecule has 0 bridgehead atoms. The highest BCUT2D eigenvalue weighted by Crippen LogP contribution is 2.70. The molecule has 0 aromatic carbocycles. The summed E-state index contributed by atoms with van der Waals surface area (Å²) in [5, 5.41) is 9.57. The van der Waals surface area contributed by atoms with E-state index in [1.54, 1.807) is 0 Å². The Bertz CT molecular complexity index is 975. The highest BCUT2D eigenvalue weighted by atomic mass is 16.5. The zero-order valence-electron chi connectivity index (χ0n) is 22.5. The largest absolute Gasteiger partial charge is 0.471 e. The van der Waals surface area contributed by atoms with Gasteiger partial charge in [-0.3, -0.25) is 14.4 Å². The molecule has 8 atom stereocenters. The fourth-order valence-electron chi connectivity index (χ4n) is 9.32. The lowest BCUT2D eigenvalue weighted by Crippen LogP contribution is -2.62. The molecule has 5 aliphatic carbocycles. The van der Waals surface area contributed by atoms with E-state index in [0.717, 1.165) is 12.8 Å². The zero-order chi connectivity index (χ0) is 25.8. The van der Waals surface area contributed by atoms with Gasteiger partial charge in [0.05, 0.1) is 12.7 Å². The van der Waals surface area contributed by atoms with Crippen molar-refractivity contribution in [1.82, 2.24) is 0 Å². The van der Waals surface area contributed by atoms with Gasteiger partial charge in [0.2, 0.25) is 0 Å². The van der Waals surface area contributed by atoms with Crippen molar-refractivity contribution in [2.24, 2.45) is 51.2 Å². The maximum atomic E-state index is 13.9. The molecule has 0 N–H and O–H groups in total. The molecule has 4 saturated carbocycles. The smallest absolute Gasteiger partial charge is 0.292 e. The summed E-state index contributed by atoms with van der Waals surface area (Å²) >= 11 is 0. The number of hydrogen-bond acceptors (Lipinski definition) is 5. The Morgan fingerprint density at radius 1 is 1.00 bits per heavy atom. The van der Waals surface area contributed by atoms with Crippen molar-refractivity contribution in [3.63, 3.8) is 0 Å². The average molecular weight is 482 g/mol. The number of Topliss-reactive ketones (excluding diaryl/α,β-unsaturated/α-hetero) is 2. The zero-order valence-corrected chi connectivity index (χ0v) is 22.5. The number of ketones is 2. The Balaban J connectivity index is 0.000000672. The molecule has 35 heavy (non-hydrogen) atoms. The van der Waals surface area contributed by atoms with Gasteiger partial charge >= 0.3 is 0 Å². The Hall–Kier alpha value is -1.96. The highest BCUT2D eigenvalue weighted by molar-refractivity contribution is 6.00. The maximum absolute atomic E-state index is 13.9. The van der Waals surface area contributed by atoms with E-state index in [-0.39, 0.29) is 34.4 Å². The van der Waals surface area contributed by atoms with Crippen molar-refractivity contribution < 1.29 is 19.1 Å². The third-order valence-electron chi connectivity index (χ3n) is 11.4. The molecule has 5 nitrogen and oxygen atoms in total. The normalized spacial score (nSPS) is 45.6. The monoisotopic (exact) mass is 481 g/mol. The molecule has 0 spiro atoms. The van der Waals surface area contributed by atoms with Crippen LogP contribution in [0.4, 0.5) is 0 Å². The van der Waals surface area contributed by atoms with E-state index in [1.807, 2.05) is 6.08 Å². The number of carbonyl (C=O) groups excluding carboxylic acids is 3. The second-order valence-corrected chi connectivity index (χ2v) is 13.8. The van der Waals surface area contributed by atoms with E-state index >= 15 is 0 Å². The van der Waals surface area contributed by atoms with Gasteiger partial charge in [-0.15, -0.1) is 0 Å². The van der Waals surface area contributed by atoms with Gasteiger partial charge in [0.25, 0.3) is 6.47 Å². The van der Waals surface area contributed by atoms with Gasteiger partial charge in [-0.25, -0.2) is 0 Å². The number of nitriles is 1. The summed E-state index contributed by atoms with van der Waals surface area (Å²) in [4.78, 5) is 35.3. The molecule has 5 rings (SSSR count). The van der Waals surface area contributed by atoms with Crippen LogP contribution in [0, 0.1) is 62.6 Å². The first-order chi connectivity index (χ1) is 16.3. The van der Waals surface area contributed by atoms with Crippen LogP contribution in [0.25, 0.3) is 0 Å². The first kappa shape index (κ1) is 26.1. The number of ether oxygens (including phenoxy) is 1.